The van der Waals surface area contributed by atoms with Crippen molar-refractivity contribution in [3.8, 4) is 5.75 Å². The van der Waals surface area contributed by atoms with E-state index in [2.05, 4.69) is 38.2 Å². The molecule has 2 rings (SSSR count). The lowest BCUT2D eigenvalue weighted by molar-refractivity contribution is 0.301. The normalized spacial score (nSPS) is 15.9. The highest BCUT2D eigenvalue weighted by molar-refractivity contribution is 5.42. The Morgan fingerprint density at radius 3 is 2.37 bits per heavy atom. The molecule has 1 aromatic rings. The molecule has 0 amide bonds. The van der Waals surface area contributed by atoms with Gasteiger partial charge in [-0.3, -0.25) is 0 Å². The minimum atomic E-state index is 0.767. The zero-order chi connectivity index (χ0) is 13.7. The van der Waals surface area contributed by atoms with Crippen LogP contribution in [0.4, 0.5) is 0 Å². The molecular weight excluding hydrogens is 234 g/mol. The van der Waals surface area contributed by atoms with Gasteiger partial charge >= 0.3 is 0 Å². The first-order chi connectivity index (χ1) is 9.16. The Hall–Kier alpha value is -1.02. The highest BCUT2D eigenvalue weighted by atomic mass is 16.5. The third-order valence-electron chi connectivity index (χ3n) is 3.96. The Morgan fingerprint density at radius 1 is 1.11 bits per heavy atom. The summed E-state index contributed by atoms with van der Waals surface area (Å²) in [5.41, 5.74) is 3.81. The lowest BCUT2D eigenvalue weighted by Gasteiger charge is -2.14. The predicted molar refractivity (Wildman–Crippen MR) is 81.0 cm³/mol. The van der Waals surface area contributed by atoms with Crippen molar-refractivity contribution in [3.63, 3.8) is 0 Å². The van der Waals surface area contributed by atoms with Gasteiger partial charge in [-0.15, -0.1) is 0 Å². The highest BCUT2D eigenvalue weighted by Crippen LogP contribution is 2.24. The molecule has 2 heteroatoms. The summed E-state index contributed by atoms with van der Waals surface area (Å²) >= 11 is 0. The van der Waals surface area contributed by atoms with Crippen molar-refractivity contribution in [2.45, 2.75) is 58.9 Å². The van der Waals surface area contributed by atoms with Crippen molar-refractivity contribution in [1.29, 1.82) is 0 Å². The number of hydrogen-bond donors (Lipinski definition) is 1. The van der Waals surface area contributed by atoms with E-state index < -0.39 is 0 Å². The van der Waals surface area contributed by atoms with Gasteiger partial charge in [0.15, 0.2) is 0 Å². The molecule has 0 aliphatic heterocycles. The summed E-state index contributed by atoms with van der Waals surface area (Å²) in [6.07, 6.45) is 6.60. The van der Waals surface area contributed by atoms with Crippen molar-refractivity contribution < 1.29 is 4.74 Å². The van der Waals surface area contributed by atoms with Crippen molar-refractivity contribution in [3.05, 3.63) is 28.8 Å². The van der Waals surface area contributed by atoms with Crippen LogP contribution >= 0.6 is 0 Å². The van der Waals surface area contributed by atoms with Gasteiger partial charge in [0, 0.05) is 6.04 Å². The lowest BCUT2D eigenvalue weighted by atomic mass is 10.1. The second-order valence-electron chi connectivity index (χ2n) is 5.87. The van der Waals surface area contributed by atoms with E-state index in [0.717, 1.165) is 31.4 Å². The van der Waals surface area contributed by atoms with Gasteiger partial charge in [-0.25, -0.2) is 0 Å². The molecule has 1 aromatic carbocycles. The van der Waals surface area contributed by atoms with E-state index in [0.29, 0.717) is 0 Å². The molecule has 2 nitrogen and oxygen atoms in total. The molecule has 1 aliphatic carbocycles. The Labute approximate surface area is 117 Å². The summed E-state index contributed by atoms with van der Waals surface area (Å²) in [6.45, 7) is 8.28. The number of ether oxygens (including phenoxy) is 1. The van der Waals surface area contributed by atoms with Crippen LogP contribution < -0.4 is 10.1 Å². The second kappa shape index (κ2) is 6.95. The van der Waals surface area contributed by atoms with E-state index in [-0.39, 0.29) is 0 Å². The number of nitrogens with one attached hydrogen (secondary N) is 1. The van der Waals surface area contributed by atoms with Crippen molar-refractivity contribution in [2.24, 2.45) is 0 Å². The maximum Gasteiger partial charge on any atom is 0.125 e. The number of rotatable bonds is 6. The second-order valence-corrected chi connectivity index (χ2v) is 5.87. The van der Waals surface area contributed by atoms with Crippen LogP contribution in [0.25, 0.3) is 0 Å². The molecule has 1 fully saturated rings. The van der Waals surface area contributed by atoms with Crippen molar-refractivity contribution in [1.82, 2.24) is 5.32 Å². The summed E-state index contributed by atoms with van der Waals surface area (Å²) in [4.78, 5) is 0. The van der Waals surface area contributed by atoms with Crippen molar-refractivity contribution >= 4 is 0 Å². The van der Waals surface area contributed by atoms with E-state index in [9.17, 15) is 0 Å². The zero-order valence-corrected chi connectivity index (χ0v) is 12.6. The Kier molecular flexibility index (Phi) is 5.26. The largest absolute Gasteiger partial charge is 0.493 e. The minimum absolute atomic E-state index is 0.767. The van der Waals surface area contributed by atoms with E-state index >= 15 is 0 Å². The molecule has 0 radical (unpaired) electrons. The van der Waals surface area contributed by atoms with Gasteiger partial charge in [-0.1, -0.05) is 30.5 Å². The maximum atomic E-state index is 5.95. The SMILES string of the molecule is Cc1cc(C)c(OCCCNC2CCCC2)c(C)c1. The number of hydrogen-bond acceptors (Lipinski definition) is 2. The van der Waals surface area contributed by atoms with Gasteiger partial charge in [0.05, 0.1) is 6.61 Å². The molecule has 0 bridgehead atoms. The molecule has 0 atom stereocenters. The smallest absolute Gasteiger partial charge is 0.125 e. The number of aryl methyl sites for hydroxylation is 3. The molecule has 106 valence electrons. The third kappa shape index (κ3) is 4.24. The first-order valence-electron chi connectivity index (χ1n) is 7.61. The fourth-order valence-corrected chi connectivity index (χ4v) is 3.08. The van der Waals surface area contributed by atoms with Crippen LogP contribution in [0.5, 0.6) is 5.75 Å². The van der Waals surface area contributed by atoms with E-state index in [1.54, 1.807) is 0 Å². The van der Waals surface area contributed by atoms with Crippen LogP contribution in [0.3, 0.4) is 0 Å². The van der Waals surface area contributed by atoms with E-state index in [4.69, 9.17) is 4.74 Å². The summed E-state index contributed by atoms with van der Waals surface area (Å²) in [5.74, 6) is 1.08. The van der Waals surface area contributed by atoms with Crippen LogP contribution in [0, 0.1) is 20.8 Å². The van der Waals surface area contributed by atoms with Crippen LogP contribution in [-0.4, -0.2) is 19.2 Å². The third-order valence-corrected chi connectivity index (χ3v) is 3.96. The Bertz CT molecular complexity index is 385. The standard InChI is InChI=1S/C17H27NO/c1-13-11-14(2)17(15(3)12-13)19-10-6-9-18-16-7-4-5-8-16/h11-12,16,18H,4-10H2,1-3H3. The van der Waals surface area contributed by atoms with Gasteiger partial charge in [0.1, 0.15) is 5.75 Å². The molecule has 19 heavy (non-hydrogen) atoms. The molecular formula is C17H27NO. The summed E-state index contributed by atoms with van der Waals surface area (Å²) < 4.78 is 5.95. The molecule has 0 heterocycles. The molecule has 0 unspecified atom stereocenters. The summed E-state index contributed by atoms with van der Waals surface area (Å²) in [6, 6.07) is 5.15. The first-order valence-corrected chi connectivity index (χ1v) is 7.61. The minimum Gasteiger partial charge on any atom is -0.493 e. The molecule has 0 saturated heterocycles. The lowest BCUT2D eigenvalue weighted by Crippen LogP contribution is -2.27. The molecule has 1 N–H and O–H groups in total. The number of benzene rings is 1. The molecule has 1 saturated carbocycles. The summed E-state index contributed by atoms with van der Waals surface area (Å²) in [7, 11) is 0. The summed E-state index contributed by atoms with van der Waals surface area (Å²) in [5, 5.41) is 3.63. The van der Waals surface area contributed by atoms with Gasteiger partial charge < -0.3 is 10.1 Å². The Morgan fingerprint density at radius 2 is 1.74 bits per heavy atom. The topological polar surface area (TPSA) is 21.3 Å². The maximum absolute atomic E-state index is 5.95. The van der Waals surface area contributed by atoms with Crippen LogP contribution in [0.15, 0.2) is 12.1 Å². The van der Waals surface area contributed by atoms with Gasteiger partial charge in [-0.05, 0) is 57.7 Å². The predicted octanol–water partition coefficient (Wildman–Crippen LogP) is 3.91. The fourth-order valence-electron chi connectivity index (χ4n) is 3.08. The first kappa shape index (κ1) is 14.4. The van der Waals surface area contributed by atoms with Crippen LogP contribution in [-0.2, 0) is 0 Å². The molecule has 1 aliphatic rings. The molecule has 0 aromatic heterocycles. The van der Waals surface area contributed by atoms with E-state index in [1.165, 1.54) is 42.4 Å². The van der Waals surface area contributed by atoms with Gasteiger partial charge in [-0.2, -0.15) is 0 Å². The zero-order valence-electron chi connectivity index (χ0n) is 12.6. The highest BCUT2D eigenvalue weighted by Gasteiger charge is 2.13. The average Bonchev–Trinajstić information content (AvgIpc) is 2.84. The quantitative estimate of drug-likeness (QED) is 0.784. The van der Waals surface area contributed by atoms with Crippen LogP contribution in [0.2, 0.25) is 0 Å². The van der Waals surface area contributed by atoms with E-state index in [1.807, 2.05) is 0 Å². The Balaban J connectivity index is 1.70. The average molecular weight is 261 g/mol. The monoisotopic (exact) mass is 261 g/mol. The van der Waals surface area contributed by atoms with Crippen molar-refractivity contribution in [2.75, 3.05) is 13.2 Å². The van der Waals surface area contributed by atoms with Gasteiger partial charge in [0.2, 0.25) is 0 Å². The van der Waals surface area contributed by atoms with Crippen LogP contribution in [0.1, 0.15) is 48.8 Å². The molecule has 0 spiro atoms. The van der Waals surface area contributed by atoms with Gasteiger partial charge in [0.25, 0.3) is 0 Å². The fraction of sp³-hybridized carbons (Fsp3) is 0.647.